The standard InChI is InChI=1S/C59H65F2N11O6/c1-3-41-44(60)14-11-37-7-4-8-42(49(37)41)51-50(61)52-43(30-62-51)54(70-31-38-12-13-39(32-70)63-38)66-56(65-52)78-34-59-22-6-24-71(59)40(17-23-59)33-77-58(76)69-27-20-36(21-28-69)29-35-18-25-68(26-19-35)45-9-5-10-46-53(45)67(2)57(75)72(46)47-15-16-48(73)64-55(47)74/h1,4-5,7-11,14,30,35-36,38-40,47,63H,6,12-13,15-29,31-34H2,2H3,(H,64,73,74)/t38?,39?,40-,47?,59-/m0/s1. The molecule has 0 radical (unpaired) electrons. The van der Waals surface area contributed by atoms with Gasteiger partial charge in [0.25, 0.3) is 0 Å². The van der Waals surface area contributed by atoms with Crippen molar-refractivity contribution >= 4 is 62.1 Å². The first kappa shape index (κ1) is 50.3. The molecule has 13 rings (SSSR count). The van der Waals surface area contributed by atoms with Crippen molar-refractivity contribution in [3.8, 4) is 29.6 Å². The minimum atomic E-state index is -0.722. The number of terminal acetylenes is 1. The lowest BCUT2D eigenvalue weighted by atomic mass is 9.83. The van der Waals surface area contributed by atoms with Crippen LogP contribution in [0.4, 0.5) is 25.1 Å². The number of aryl methyl sites for hydroxylation is 1. The molecule has 0 aliphatic carbocycles. The third-order valence-electron chi connectivity index (χ3n) is 18.6. The lowest BCUT2D eigenvalue weighted by Crippen LogP contribution is -2.51. The van der Waals surface area contributed by atoms with Crippen LogP contribution in [0.1, 0.15) is 95.1 Å². The van der Waals surface area contributed by atoms with Crippen LogP contribution in [0.25, 0.3) is 44.0 Å². The number of carbonyl (C=O) groups is 3. The zero-order valence-electron chi connectivity index (χ0n) is 44.0. The number of halogens is 2. The van der Waals surface area contributed by atoms with Crippen LogP contribution in [0.5, 0.6) is 6.01 Å². The number of amides is 3. The van der Waals surface area contributed by atoms with E-state index < -0.39 is 23.6 Å². The van der Waals surface area contributed by atoms with Gasteiger partial charge in [0.2, 0.25) is 11.8 Å². The summed E-state index contributed by atoms with van der Waals surface area (Å²) in [5.41, 5.74) is 2.43. The molecule has 5 atom stereocenters. The molecule has 17 nitrogen and oxygen atoms in total. The second-order valence-electron chi connectivity index (χ2n) is 23.0. The van der Waals surface area contributed by atoms with Gasteiger partial charge >= 0.3 is 17.8 Å². The van der Waals surface area contributed by atoms with E-state index in [4.69, 9.17) is 25.9 Å². The van der Waals surface area contributed by atoms with E-state index in [1.165, 1.54) is 6.07 Å². The minimum Gasteiger partial charge on any atom is -0.461 e. The van der Waals surface area contributed by atoms with Gasteiger partial charge in [-0.25, -0.2) is 18.4 Å². The molecule has 78 heavy (non-hydrogen) atoms. The van der Waals surface area contributed by atoms with Crippen molar-refractivity contribution in [2.75, 3.05) is 68.8 Å². The number of imide groups is 1. The van der Waals surface area contributed by atoms with E-state index in [-0.39, 0.29) is 58.5 Å². The Morgan fingerprint density at radius 2 is 1.64 bits per heavy atom. The summed E-state index contributed by atoms with van der Waals surface area (Å²) < 4.78 is 48.2. The molecule has 10 heterocycles. The fourth-order valence-corrected chi connectivity index (χ4v) is 14.6. The van der Waals surface area contributed by atoms with Crippen molar-refractivity contribution in [1.29, 1.82) is 0 Å². The maximum Gasteiger partial charge on any atom is 0.409 e. The van der Waals surface area contributed by atoms with Crippen LogP contribution >= 0.6 is 0 Å². The largest absolute Gasteiger partial charge is 0.461 e. The van der Waals surface area contributed by atoms with Crippen LogP contribution in [0.3, 0.4) is 0 Å². The Morgan fingerprint density at radius 3 is 2.41 bits per heavy atom. The van der Waals surface area contributed by atoms with Crippen LogP contribution in [0, 0.1) is 35.8 Å². The lowest BCUT2D eigenvalue weighted by molar-refractivity contribution is -0.135. The highest BCUT2D eigenvalue weighted by Crippen LogP contribution is 2.44. The number of rotatable bonds is 11. The smallest absolute Gasteiger partial charge is 0.409 e. The van der Waals surface area contributed by atoms with Gasteiger partial charge in [0, 0.05) is 88.0 Å². The van der Waals surface area contributed by atoms with E-state index in [1.54, 1.807) is 40.6 Å². The third kappa shape index (κ3) is 8.88. The zero-order valence-corrected chi connectivity index (χ0v) is 44.0. The molecule has 7 aliphatic rings. The Kier molecular flexibility index (Phi) is 13.1. The Bertz CT molecular complexity index is 3480. The first-order valence-corrected chi connectivity index (χ1v) is 28.1. The summed E-state index contributed by atoms with van der Waals surface area (Å²) in [4.78, 5) is 75.1. The Labute approximate surface area is 450 Å². The summed E-state index contributed by atoms with van der Waals surface area (Å²) in [5, 5.41) is 7.63. The monoisotopic (exact) mass is 1060 g/mol. The maximum atomic E-state index is 17.2. The molecule has 406 valence electrons. The number of ether oxygens (including phenoxy) is 2. The van der Waals surface area contributed by atoms with Crippen molar-refractivity contribution in [2.24, 2.45) is 18.9 Å². The summed E-state index contributed by atoms with van der Waals surface area (Å²) in [5.74, 6) is 2.17. The zero-order chi connectivity index (χ0) is 53.4. The first-order valence-electron chi connectivity index (χ1n) is 28.1. The van der Waals surface area contributed by atoms with Gasteiger partial charge in [-0.05, 0) is 119 Å². The van der Waals surface area contributed by atoms with Crippen LogP contribution in [-0.4, -0.2) is 134 Å². The number of benzene rings is 3. The number of hydrogen-bond donors (Lipinski definition) is 2. The van der Waals surface area contributed by atoms with Crippen molar-refractivity contribution in [3.63, 3.8) is 0 Å². The number of likely N-dealkylation sites (tertiary alicyclic amines) is 1. The number of nitrogens with zero attached hydrogens (tertiary/aromatic N) is 9. The van der Waals surface area contributed by atoms with Crippen LogP contribution in [-0.2, 0) is 21.4 Å². The van der Waals surface area contributed by atoms with E-state index in [0.29, 0.717) is 103 Å². The highest BCUT2D eigenvalue weighted by Gasteiger charge is 2.50. The van der Waals surface area contributed by atoms with Gasteiger partial charge in [0.1, 0.15) is 42.1 Å². The molecule has 0 saturated carbocycles. The van der Waals surface area contributed by atoms with E-state index in [9.17, 15) is 19.2 Å². The van der Waals surface area contributed by atoms with E-state index in [0.717, 1.165) is 101 Å². The molecular weight excluding hydrogens is 997 g/mol. The highest BCUT2D eigenvalue weighted by molar-refractivity contribution is 6.03. The number of piperidine rings is 3. The Morgan fingerprint density at radius 1 is 0.872 bits per heavy atom. The number of fused-ring (bicyclic) bond motifs is 6. The number of carbonyl (C=O) groups excluding carboxylic acids is 3. The number of piperazine rings is 1. The number of imidazole rings is 1. The molecule has 3 unspecified atom stereocenters. The van der Waals surface area contributed by atoms with E-state index in [1.807, 2.05) is 23.1 Å². The van der Waals surface area contributed by atoms with Gasteiger partial charge in [-0.3, -0.25) is 33.9 Å². The molecule has 7 fully saturated rings. The number of pyridine rings is 1. The summed E-state index contributed by atoms with van der Waals surface area (Å²) in [6, 6.07) is 14.1. The molecule has 19 heteroatoms. The third-order valence-corrected chi connectivity index (χ3v) is 18.6. The molecule has 6 aromatic rings. The number of para-hydroxylation sites is 1. The maximum absolute atomic E-state index is 17.2. The molecular formula is C59H65F2N11O6. The van der Waals surface area contributed by atoms with Crippen molar-refractivity contribution in [1.82, 2.24) is 44.5 Å². The molecule has 2 N–H and O–H groups in total. The Hall–Kier alpha value is -7.17. The van der Waals surface area contributed by atoms with Crippen molar-refractivity contribution in [3.05, 3.63) is 82.4 Å². The predicted octanol–water partition coefficient (Wildman–Crippen LogP) is 7.21. The van der Waals surface area contributed by atoms with E-state index >= 15 is 8.78 Å². The molecule has 0 spiro atoms. The summed E-state index contributed by atoms with van der Waals surface area (Å²) in [6.45, 7) is 5.92. The Balaban J connectivity index is 0.633. The minimum absolute atomic E-state index is 0.0170. The van der Waals surface area contributed by atoms with Gasteiger partial charge in [-0.2, -0.15) is 9.97 Å². The number of anilines is 2. The van der Waals surface area contributed by atoms with Gasteiger partial charge in [0.05, 0.1) is 33.2 Å². The number of hydrogen-bond acceptors (Lipinski definition) is 13. The van der Waals surface area contributed by atoms with E-state index in [2.05, 4.69) is 42.3 Å². The number of nitrogens with one attached hydrogen (secondary N) is 2. The normalized spacial score (nSPS) is 25.1. The fraction of sp³-hybridized carbons (Fsp3) is 0.508. The molecule has 3 aromatic carbocycles. The van der Waals surface area contributed by atoms with Crippen molar-refractivity contribution < 1.29 is 32.6 Å². The SMILES string of the molecule is C#Cc1c(F)ccc2cccc(-c3ncc4c(N5CC6CCC(C5)N6)nc(OC[C@@]56CCCN5[C@H](COC(=O)N5CCC(CC7CCN(c8cccc9c8n(C)c(=O)n9C8CCC(=O)NC8=O)CC7)CC5)CC6)nc4c3F)c12. The average molecular weight is 1060 g/mol. The first-order chi connectivity index (χ1) is 37.9. The second-order valence-corrected chi connectivity index (χ2v) is 23.0. The lowest BCUT2D eigenvalue weighted by Gasteiger charge is -2.38. The average Bonchev–Trinajstić information content (AvgIpc) is 4.36. The fourth-order valence-electron chi connectivity index (χ4n) is 14.6. The van der Waals surface area contributed by atoms with Crippen molar-refractivity contribution in [2.45, 2.75) is 113 Å². The molecule has 2 bridgehead atoms. The van der Waals surface area contributed by atoms with Crippen LogP contribution in [0.15, 0.2) is 59.5 Å². The van der Waals surface area contributed by atoms with Gasteiger partial charge in [0.15, 0.2) is 5.82 Å². The molecule has 3 aromatic heterocycles. The quantitative estimate of drug-likeness (QED) is 0.0987. The summed E-state index contributed by atoms with van der Waals surface area (Å²) >= 11 is 0. The van der Waals surface area contributed by atoms with Crippen LogP contribution < -0.4 is 30.9 Å². The summed E-state index contributed by atoms with van der Waals surface area (Å²) in [6.07, 6.45) is 18.4. The predicted molar refractivity (Wildman–Crippen MR) is 291 cm³/mol. The number of aromatic nitrogens is 5. The molecule has 7 saturated heterocycles. The highest BCUT2D eigenvalue weighted by atomic mass is 19.1. The summed E-state index contributed by atoms with van der Waals surface area (Å²) in [7, 11) is 1.75. The van der Waals surface area contributed by atoms with Crippen LogP contribution in [0.2, 0.25) is 0 Å². The van der Waals surface area contributed by atoms with Gasteiger partial charge in [-0.1, -0.05) is 36.3 Å². The molecule has 7 aliphatic heterocycles. The second kappa shape index (κ2) is 20.2. The van der Waals surface area contributed by atoms with Gasteiger partial charge in [-0.15, -0.1) is 6.42 Å². The molecule has 3 amide bonds. The topological polar surface area (TPSA) is 172 Å². The van der Waals surface area contributed by atoms with Gasteiger partial charge < -0.3 is 29.5 Å².